The van der Waals surface area contributed by atoms with E-state index < -0.39 is 89.6 Å². The second-order valence-corrected chi connectivity index (χ2v) is 13.6. The zero-order valence-electron chi connectivity index (χ0n) is 42.5. The molecule has 268 valence electrons. The van der Waals surface area contributed by atoms with Gasteiger partial charge in [0.05, 0.1) is 16.4 Å². The Labute approximate surface area is 351 Å². The standard InChI is InChI=1S/C56H39N/c1-3-13-40(14-4-1)47-20-11-21-48(37-47)42-27-32-51(33-28-42)57(53-23-12-22-49(39-53)50-26-25-41-15-7-8-19-46(41)38-50)52-34-29-45(30-35-52)56-54-24-10-9-18-44(54)31-36-55(56)43-16-5-2-6-17-43/h1-39H/i12D,22D,23D,27D,28D,29D,30D,32D,33D,34D,35D,39D. The molecular formula is C56H39N. The van der Waals surface area contributed by atoms with Gasteiger partial charge in [-0.25, -0.2) is 0 Å². The Morgan fingerprint density at radius 3 is 1.61 bits per heavy atom. The van der Waals surface area contributed by atoms with Gasteiger partial charge in [0.1, 0.15) is 0 Å². The lowest BCUT2D eigenvalue weighted by molar-refractivity contribution is 1.28. The van der Waals surface area contributed by atoms with E-state index in [0.717, 1.165) is 37.7 Å². The topological polar surface area (TPSA) is 3.24 Å². The number of anilines is 3. The lowest BCUT2D eigenvalue weighted by atomic mass is 9.89. The molecule has 0 amide bonds. The minimum atomic E-state index is -0.729. The second-order valence-electron chi connectivity index (χ2n) is 13.6. The molecule has 0 saturated carbocycles. The summed E-state index contributed by atoms with van der Waals surface area (Å²) >= 11 is 0. The van der Waals surface area contributed by atoms with Gasteiger partial charge in [0, 0.05) is 17.1 Å². The Balaban J connectivity index is 1.29. The van der Waals surface area contributed by atoms with Gasteiger partial charge in [0.25, 0.3) is 0 Å². The second kappa shape index (κ2) is 15.0. The molecular weight excluding hydrogens is 687 g/mol. The Kier molecular flexibility index (Phi) is 6.16. The van der Waals surface area contributed by atoms with Crippen molar-refractivity contribution >= 4 is 38.6 Å². The van der Waals surface area contributed by atoms with Crippen LogP contribution in [0.1, 0.15) is 16.4 Å². The van der Waals surface area contributed by atoms with Crippen LogP contribution >= 0.6 is 0 Å². The molecule has 1 nitrogen and oxygen atoms in total. The zero-order valence-corrected chi connectivity index (χ0v) is 30.5. The van der Waals surface area contributed by atoms with E-state index in [0.29, 0.717) is 27.6 Å². The van der Waals surface area contributed by atoms with E-state index in [1.165, 1.54) is 0 Å². The molecule has 0 aliphatic heterocycles. The molecule has 10 rings (SSSR count). The largest absolute Gasteiger partial charge is 0.310 e. The summed E-state index contributed by atoms with van der Waals surface area (Å²) in [6, 6.07) is 42.7. The van der Waals surface area contributed by atoms with Crippen molar-refractivity contribution in [3.63, 3.8) is 0 Å². The first-order valence-electron chi connectivity index (χ1n) is 24.6. The average molecular weight is 738 g/mol. The van der Waals surface area contributed by atoms with E-state index in [1.54, 1.807) is 36.4 Å². The minimum Gasteiger partial charge on any atom is -0.310 e. The van der Waals surface area contributed by atoms with Gasteiger partial charge in [0.15, 0.2) is 0 Å². The number of nitrogens with zero attached hydrogens (tertiary/aromatic N) is 1. The predicted octanol–water partition coefficient (Wildman–Crippen LogP) is 15.8. The van der Waals surface area contributed by atoms with E-state index in [2.05, 4.69) is 0 Å². The van der Waals surface area contributed by atoms with Crippen molar-refractivity contribution in [2.75, 3.05) is 4.90 Å². The highest BCUT2D eigenvalue weighted by Gasteiger charge is 2.17. The highest BCUT2D eigenvalue weighted by Crippen LogP contribution is 2.42. The molecule has 0 radical (unpaired) electrons. The van der Waals surface area contributed by atoms with E-state index in [9.17, 15) is 15.1 Å². The van der Waals surface area contributed by atoms with Gasteiger partial charge in [-0.3, -0.25) is 0 Å². The molecule has 0 fully saturated rings. The molecule has 0 saturated heterocycles. The van der Waals surface area contributed by atoms with Crippen LogP contribution in [0.4, 0.5) is 17.1 Å². The van der Waals surface area contributed by atoms with Crippen molar-refractivity contribution in [3.05, 3.63) is 236 Å². The summed E-state index contributed by atoms with van der Waals surface area (Å²) in [5.41, 5.74) is 2.30. The number of hydrogen-bond acceptors (Lipinski definition) is 1. The number of benzene rings is 10. The average Bonchev–Trinajstić information content (AvgIpc) is 3.37. The highest BCUT2D eigenvalue weighted by molar-refractivity contribution is 6.04. The quantitative estimate of drug-likeness (QED) is 0.150. The SMILES string of the molecule is [2H]c1c([2H])c(-c2ccc3ccccc3c2)c([2H])c(N(c2c([2H])c([2H])c(-c3cccc(-c4ccccc4)c3)c([2H])c2[2H])c2c([2H])c([2H])c(-c3c(-c4ccccc4)ccc4ccccc34)c([2H])c2[2H])c1[2H]. The van der Waals surface area contributed by atoms with E-state index in [-0.39, 0.29) is 16.7 Å². The van der Waals surface area contributed by atoms with Crippen molar-refractivity contribution < 1.29 is 16.4 Å². The van der Waals surface area contributed by atoms with Crippen molar-refractivity contribution in [2.24, 2.45) is 0 Å². The molecule has 0 unspecified atom stereocenters. The third kappa shape index (κ3) is 6.77. The molecule has 0 aliphatic rings. The third-order valence-corrected chi connectivity index (χ3v) is 10.1. The van der Waals surface area contributed by atoms with E-state index in [4.69, 9.17) is 1.37 Å². The van der Waals surface area contributed by atoms with Crippen LogP contribution in [0.3, 0.4) is 0 Å². The molecule has 0 atom stereocenters. The summed E-state index contributed by atoms with van der Waals surface area (Å²) in [5, 5.41) is 3.07. The minimum absolute atomic E-state index is 0.0470. The van der Waals surface area contributed by atoms with Gasteiger partial charge in [0.2, 0.25) is 0 Å². The van der Waals surface area contributed by atoms with Gasteiger partial charge < -0.3 is 4.90 Å². The normalized spacial score (nSPS) is 14.1. The van der Waals surface area contributed by atoms with Crippen LogP contribution in [0.5, 0.6) is 0 Å². The van der Waals surface area contributed by atoms with Gasteiger partial charge in [-0.2, -0.15) is 0 Å². The molecule has 0 aliphatic carbocycles. The molecule has 57 heavy (non-hydrogen) atoms. The summed E-state index contributed by atoms with van der Waals surface area (Å²) in [7, 11) is 0. The van der Waals surface area contributed by atoms with Crippen LogP contribution in [0.15, 0.2) is 236 Å². The van der Waals surface area contributed by atoms with Gasteiger partial charge in [-0.05, 0) is 126 Å². The molecule has 1 heteroatoms. The lowest BCUT2D eigenvalue weighted by Gasteiger charge is -2.27. The van der Waals surface area contributed by atoms with Crippen molar-refractivity contribution in [1.29, 1.82) is 0 Å². The molecule has 10 aromatic rings. The van der Waals surface area contributed by atoms with Crippen LogP contribution in [-0.2, 0) is 0 Å². The third-order valence-electron chi connectivity index (χ3n) is 10.1. The maximum atomic E-state index is 9.87. The Hall–Kier alpha value is -7.48. The van der Waals surface area contributed by atoms with Gasteiger partial charge in [-0.15, -0.1) is 0 Å². The van der Waals surface area contributed by atoms with Gasteiger partial charge in [-0.1, -0.05) is 188 Å². The summed E-state index contributed by atoms with van der Waals surface area (Å²) in [4.78, 5) is 0.906. The maximum absolute atomic E-state index is 9.87. The fourth-order valence-electron chi connectivity index (χ4n) is 7.26. The maximum Gasteiger partial charge on any atom is 0.0651 e. The van der Waals surface area contributed by atoms with Crippen molar-refractivity contribution in [3.8, 4) is 55.6 Å². The first-order chi connectivity index (χ1) is 33.3. The first kappa shape index (κ1) is 23.4. The summed E-state index contributed by atoms with van der Waals surface area (Å²) in [6.07, 6.45) is 0. The van der Waals surface area contributed by atoms with Crippen molar-refractivity contribution in [2.45, 2.75) is 0 Å². The molecule has 0 bridgehead atoms. The Morgan fingerprint density at radius 1 is 0.316 bits per heavy atom. The highest BCUT2D eigenvalue weighted by atomic mass is 15.1. The van der Waals surface area contributed by atoms with Crippen LogP contribution in [0.2, 0.25) is 0 Å². The van der Waals surface area contributed by atoms with Crippen molar-refractivity contribution in [1.82, 2.24) is 0 Å². The van der Waals surface area contributed by atoms with Crippen LogP contribution < -0.4 is 4.90 Å². The van der Waals surface area contributed by atoms with Gasteiger partial charge >= 0.3 is 0 Å². The Morgan fingerprint density at radius 2 is 0.877 bits per heavy atom. The Bertz CT molecular complexity index is 3650. The number of rotatable bonds is 8. The monoisotopic (exact) mass is 737 g/mol. The summed E-state index contributed by atoms with van der Waals surface area (Å²) in [5.74, 6) is 0. The molecule has 0 spiro atoms. The van der Waals surface area contributed by atoms with Crippen LogP contribution in [0.25, 0.3) is 77.2 Å². The fourth-order valence-corrected chi connectivity index (χ4v) is 7.26. The fraction of sp³-hybridized carbons (Fsp3) is 0. The predicted molar refractivity (Wildman–Crippen MR) is 243 cm³/mol. The van der Waals surface area contributed by atoms with E-state index in [1.807, 2.05) is 127 Å². The van der Waals surface area contributed by atoms with Crippen LogP contribution in [0, 0.1) is 0 Å². The number of hydrogen-bond donors (Lipinski definition) is 0. The lowest BCUT2D eigenvalue weighted by Crippen LogP contribution is -2.10. The smallest absolute Gasteiger partial charge is 0.0651 e. The zero-order chi connectivity index (χ0) is 48.4. The molecule has 0 heterocycles. The summed E-state index contributed by atoms with van der Waals surface area (Å²) < 4.78 is 115. The first-order valence-corrected chi connectivity index (χ1v) is 18.6. The molecule has 0 aromatic heterocycles. The van der Waals surface area contributed by atoms with Crippen LogP contribution in [-0.4, -0.2) is 0 Å². The molecule has 0 N–H and O–H groups in total. The van der Waals surface area contributed by atoms with E-state index >= 15 is 0 Å². The summed E-state index contributed by atoms with van der Waals surface area (Å²) in [6.45, 7) is 0. The molecule has 10 aromatic carbocycles. The number of fused-ring (bicyclic) bond motifs is 2.